The second-order valence-electron chi connectivity index (χ2n) is 3.42. The van der Waals surface area contributed by atoms with Crippen LogP contribution in [0.1, 0.15) is 12.8 Å². The van der Waals surface area contributed by atoms with E-state index >= 15 is 0 Å². The molecule has 0 amide bonds. The first-order valence-corrected chi connectivity index (χ1v) is 5.41. The van der Waals surface area contributed by atoms with Gasteiger partial charge in [-0.05, 0) is 40.9 Å². The maximum Gasteiger partial charge on any atom is 0.164 e. The van der Waals surface area contributed by atoms with Crippen LogP contribution in [-0.4, -0.2) is 18.2 Å². The van der Waals surface area contributed by atoms with Crippen molar-refractivity contribution in [2.24, 2.45) is 0 Å². The van der Waals surface area contributed by atoms with Crippen molar-refractivity contribution < 1.29 is 9.50 Å². The third-order valence-electron chi connectivity index (χ3n) is 2.47. The lowest BCUT2D eigenvalue weighted by atomic mass is 10.2. The van der Waals surface area contributed by atoms with Crippen LogP contribution in [0, 0.1) is 5.82 Å². The number of phenolic OH excluding ortho intramolecular Hbond substituents is 1. The van der Waals surface area contributed by atoms with E-state index in [1.165, 1.54) is 12.1 Å². The number of benzene rings is 1. The highest BCUT2D eigenvalue weighted by Gasteiger charge is 2.21. The van der Waals surface area contributed by atoms with Crippen LogP contribution in [0.4, 0.5) is 10.1 Å². The van der Waals surface area contributed by atoms with Gasteiger partial charge in [-0.25, -0.2) is 4.39 Å². The topological polar surface area (TPSA) is 23.5 Å². The second kappa shape index (κ2) is 3.77. The van der Waals surface area contributed by atoms with Gasteiger partial charge in [-0.1, -0.05) is 0 Å². The monoisotopic (exact) mass is 259 g/mol. The van der Waals surface area contributed by atoms with E-state index in [-0.39, 0.29) is 11.6 Å². The van der Waals surface area contributed by atoms with Gasteiger partial charge in [0.2, 0.25) is 0 Å². The Labute approximate surface area is 90.5 Å². The predicted octanol–water partition coefficient (Wildman–Crippen LogP) is 2.89. The summed E-state index contributed by atoms with van der Waals surface area (Å²) in [5.74, 6) is -0.348. The summed E-state index contributed by atoms with van der Waals surface area (Å²) in [5, 5.41) is 9.57. The van der Waals surface area contributed by atoms with Crippen molar-refractivity contribution in [1.29, 1.82) is 0 Å². The van der Waals surface area contributed by atoms with Crippen LogP contribution in [0.25, 0.3) is 0 Å². The SMILES string of the molecule is Oc1ccc(Br)c(F)c1N1CCCC1. The van der Waals surface area contributed by atoms with Crippen molar-refractivity contribution in [2.45, 2.75) is 12.8 Å². The Morgan fingerprint density at radius 1 is 1.29 bits per heavy atom. The minimum absolute atomic E-state index is 0.0209. The Hall–Kier alpha value is -0.770. The summed E-state index contributed by atoms with van der Waals surface area (Å²) in [5.41, 5.74) is 0.330. The van der Waals surface area contributed by atoms with Crippen LogP contribution >= 0.6 is 15.9 Å². The molecule has 0 aliphatic carbocycles. The van der Waals surface area contributed by atoms with Gasteiger partial charge in [0.1, 0.15) is 11.4 Å². The standard InChI is InChI=1S/C10H11BrFNO/c11-7-3-4-8(14)10(9(7)12)13-5-1-2-6-13/h3-4,14H,1-2,5-6H2. The zero-order valence-electron chi connectivity index (χ0n) is 7.63. The van der Waals surface area contributed by atoms with Gasteiger partial charge in [-0.15, -0.1) is 0 Å². The molecular formula is C10H11BrFNO. The lowest BCUT2D eigenvalue weighted by Crippen LogP contribution is -2.19. The van der Waals surface area contributed by atoms with Gasteiger partial charge in [0.05, 0.1) is 4.47 Å². The molecule has 14 heavy (non-hydrogen) atoms. The van der Waals surface area contributed by atoms with E-state index in [4.69, 9.17) is 0 Å². The molecule has 0 saturated carbocycles. The molecule has 2 nitrogen and oxygen atoms in total. The number of phenols is 1. The molecule has 1 N–H and O–H groups in total. The minimum Gasteiger partial charge on any atom is -0.506 e. The molecule has 0 radical (unpaired) electrons. The molecular weight excluding hydrogens is 249 g/mol. The number of halogens is 2. The van der Waals surface area contributed by atoms with Gasteiger partial charge in [-0.2, -0.15) is 0 Å². The normalized spacial score (nSPS) is 16.3. The highest BCUT2D eigenvalue weighted by Crippen LogP contribution is 2.36. The Bertz CT molecular complexity index is 350. The maximum atomic E-state index is 13.7. The van der Waals surface area contributed by atoms with Crippen molar-refractivity contribution >= 4 is 21.6 Å². The largest absolute Gasteiger partial charge is 0.506 e. The molecule has 0 atom stereocenters. The van der Waals surface area contributed by atoms with Crippen LogP contribution in [-0.2, 0) is 0 Å². The first kappa shape index (κ1) is 9.77. The molecule has 0 bridgehead atoms. The van der Waals surface area contributed by atoms with E-state index in [1.807, 2.05) is 4.90 Å². The van der Waals surface area contributed by atoms with E-state index in [0.717, 1.165) is 25.9 Å². The van der Waals surface area contributed by atoms with Crippen molar-refractivity contribution in [3.8, 4) is 5.75 Å². The first-order chi connectivity index (χ1) is 6.70. The van der Waals surface area contributed by atoms with E-state index in [2.05, 4.69) is 15.9 Å². The third kappa shape index (κ3) is 1.59. The Morgan fingerprint density at radius 2 is 1.93 bits per heavy atom. The summed E-state index contributed by atoms with van der Waals surface area (Å²) in [4.78, 5) is 1.88. The maximum absolute atomic E-state index is 13.7. The zero-order chi connectivity index (χ0) is 10.1. The number of anilines is 1. The second-order valence-corrected chi connectivity index (χ2v) is 4.28. The Balaban J connectivity index is 2.44. The van der Waals surface area contributed by atoms with E-state index in [0.29, 0.717) is 10.2 Å². The lowest BCUT2D eigenvalue weighted by molar-refractivity contribution is 0.468. The van der Waals surface area contributed by atoms with Crippen LogP contribution < -0.4 is 4.90 Å². The van der Waals surface area contributed by atoms with Crippen molar-refractivity contribution in [3.05, 3.63) is 22.4 Å². The fraction of sp³-hybridized carbons (Fsp3) is 0.400. The molecule has 4 heteroatoms. The van der Waals surface area contributed by atoms with Gasteiger partial charge >= 0.3 is 0 Å². The summed E-state index contributed by atoms with van der Waals surface area (Å²) >= 11 is 3.11. The number of nitrogens with zero attached hydrogens (tertiary/aromatic N) is 1. The average molecular weight is 260 g/mol. The molecule has 76 valence electrons. The fourth-order valence-corrected chi connectivity index (χ4v) is 2.09. The van der Waals surface area contributed by atoms with Crippen molar-refractivity contribution in [1.82, 2.24) is 0 Å². The molecule has 0 unspecified atom stereocenters. The summed E-state index contributed by atoms with van der Waals surface area (Å²) < 4.78 is 14.1. The summed E-state index contributed by atoms with van der Waals surface area (Å²) in [6.45, 7) is 1.64. The third-order valence-corrected chi connectivity index (χ3v) is 3.08. The van der Waals surface area contributed by atoms with Gasteiger partial charge in [-0.3, -0.25) is 0 Å². The molecule has 1 aromatic carbocycles. The van der Waals surface area contributed by atoms with Crippen molar-refractivity contribution in [2.75, 3.05) is 18.0 Å². The summed E-state index contributed by atoms with van der Waals surface area (Å²) in [7, 11) is 0. The van der Waals surface area contributed by atoms with Gasteiger partial charge < -0.3 is 10.0 Å². The molecule has 1 saturated heterocycles. The quantitative estimate of drug-likeness (QED) is 0.839. The lowest BCUT2D eigenvalue weighted by Gasteiger charge is -2.19. The number of rotatable bonds is 1. The number of hydrogen-bond donors (Lipinski definition) is 1. The van der Waals surface area contributed by atoms with Crippen LogP contribution in [0.15, 0.2) is 16.6 Å². The Kier molecular flexibility index (Phi) is 2.63. The zero-order valence-corrected chi connectivity index (χ0v) is 9.22. The smallest absolute Gasteiger partial charge is 0.164 e. The van der Waals surface area contributed by atoms with E-state index in [1.54, 1.807) is 0 Å². The van der Waals surface area contributed by atoms with E-state index < -0.39 is 0 Å². The molecule has 0 aromatic heterocycles. The molecule has 1 heterocycles. The van der Waals surface area contributed by atoms with Crippen molar-refractivity contribution in [3.63, 3.8) is 0 Å². The van der Waals surface area contributed by atoms with Gasteiger partial charge in [0.25, 0.3) is 0 Å². The molecule has 1 aliphatic heterocycles. The fourth-order valence-electron chi connectivity index (χ4n) is 1.77. The highest BCUT2D eigenvalue weighted by molar-refractivity contribution is 9.10. The molecule has 1 fully saturated rings. The Morgan fingerprint density at radius 3 is 2.57 bits per heavy atom. The van der Waals surface area contributed by atoms with Gasteiger partial charge in [0, 0.05) is 13.1 Å². The van der Waals surface area contributed by atoms with Crippen LogP contribution in [0.5, 0.6) is 5.75 Å². The minimum atomic E-state index is -0.369. The first-order valence-electron chi connectivity index (χ1n) is 4.62. The van der Waals surface area contributed by atoms with Crippen LogP contribution in [0.2, 0.25) is 0 Å². The number of hydrogen-bond acceptors (Lipinski definition) is 2. The molecule has 2 rings (SSSR count). The predicted molar refractivity (Wildman–Crippen MR) is 57.2 cm³/mol. The van der Waals surface area contributed by atoms with Gasteiger partial charge in [0.15, 0.2) is 5.82 Å². The van der Waals surface area contributed by atoms with Crippen LogP contribution in [0.3, 0.4) is 0 Å². The average Bonchev–Trinajstić information content (AvgIpc) is 2.65. The summed E-state index contributed by atoms with van der Waals surface area (Å²) in [6.07, 6.45) is 2.12. The van der Waals surface area contributed by atoms with E-state index in [9.17, 15) is 9.50 Å². The summed E-state index contributed by atoms with van der Waals surface area (Å²) in [6, 6.07) is 3.03. The highest BCUT2D eigenvalue weighted by atomic mass is 79.9. The number of aromatic hydroxyl groups is 1. The molecule has 0 spiro atoms. The molecule has 1 aliphatic rings. The molecule has 1 aromatic rings.